The summed E-state index contributed by atoms with van der Waals surface area (Å²) in [7, 11) is 0. The highest BCUT2D eigenvalue weighted by Gasteiger charge is 2.18. The molecule has 0 radical (unpaired) electrons. The van der Waals surface area contributed by atoms with Crippen LogP contribution >= 0.6 is 0 Å². The van der Waals surface area contributed by atoms with E-state index in [0.717, 1.165) is 17.5 Å². The van der Waals surface area contributed by atoms with Crippen molar-refractivity contribution in [3.05, 3.63) is 77.4 Å². The van der Waals surface area contributed by atoms with Crippen molar-refractivity contribution in [3.8, 4) is 0 Å². The van der Waals surface area contributed by atoms with Gasteiger partial charge in [0.25, 0.3) is 0 Å². The molecule has 1 aliphatic carbocycles. The first kappa shape index (κ1) is 14.5. The first-order valence-electron chi connectivity index (χ1n) is 7.04. The monoisotopic (exact) mass is 266 g/mol. The summed E-state index contributed by atoms with van der Waals surface area (Å²) in [6, 6.07) is 7.96. The van der Waals surface area contributed by atoms with E-state index in [0.29, 0.717) is 0 Å². The summed E-state index contributed by atoms with van der Waals surface area (Å²) in [5.74, 6) is 0. The number of benzene rings is 1. The summed E-state index contributed by atoms with van der Waals surface area (Å²) in [6.07, 6.45) is 15.9. The summed E-state index contributed by atoms with van der Waals surface area (Å²) >= 11 is 0. The third-order valence-electron chi connectivity index (χ3n) is 3.73. The van der Waals surface area contributed by atoms with Crippen molar-refractivity contribution >= 4 is 6.08 Å². The predicted molar refractivity (Wildman–Crippen MR) is 86.2 cm³/mol. The Kier molecular flexibility index (Phi) is 4.75. The Morgan fingerprint density at radius 1 is 1.15 bits per heavy atom. The third kappa shape index (κ3) is 3.58. The van der Waals surface area contributed by atoms with Crippen molar-refractivity contribution in [2.45, 2.75) is 26.9 Å². The topological polar surface area (TPSA) is 20.2 Å². The molecule has 0 unspecified atom stereocenters. The lowest BCUT2D eigenvalue weighted by Gasteiger charge is -2.23. The lowest BCUT2D eigenvalue weighted by molar-refractivity contribution is 0.281. The number of hydrogen-bond donors (Lipinski definition) is 1. The van der Waals surface area contributed by atoms with E-state index in [1.54, 1.807) is 0 Å². The van der Waals surface area contributed by atoms with Gasteiger partial charge in [0.2, 0.25) is 0 Å². The first-order chi connectivity index (χ1) is 9.63. The molecule has 0 atom stereocenters. The van der Waals surface area contributed by atoms with Gasteiger partial charge in [-0.25, -0.2) is 0 Å². The van der Waals surface area contributed by atoms with E-state index in [2.05, 4.69) is 56.4 Å². The SMILES string of the molecule is CC(C)(C=Cc1ccccc1CO)C1=CC=CC=CC1. The standard InChI is InChI=1S/C19H22O/c1-19(2,18-11-5-3-4-6-12-18)14-13-16-9-7-8-10-17(16)15-20/h3-11,13-14,20H,12,15H2,1-2H3. The maximum Gasteiger partial charge on any atom is 0.0687 e. The van der Waals surface area contributed by atoms with Gasteiger partial charge in [0, 0.05) is 5.41 Å². The van der Waals surface area contributed by atoms with E-state index in [1.165, 1.54) is 5.57 Å². The Bertz CT molecular complexity index is 571. The van der Waals surface area contributed by atoms with E-state index in [4.69, 9.17) is 0 Å². The van der Waals surface area contributed by atoms with Gasteiger partial charge in [-0.05, 0) is 17.5 Å². The average Bonchev–Trinajstić information content (AvgIpc) is 2.75. The molecule has 0 saturated heterocycles. The van der Waals surface area contributed by atoms with Crippen molar-refractivity contribution in [1.29, 1.82) is 0 Å². The first-order valence-corrected chi connectivity index (χ1v) is 7.04. The minimum Gasteiger partial charge on any atom is -0.392 e. The molecule has 1 heteroatoms. The van der Waals surface area contributed by atoms with Crippen LogP contribution in [0.1, 0.15) is 31.4 Å². The molecular weight excluding hydrogens is 244 g/mol. The van der Waals surface area contributed by atoms with Gasteiger partial charge in [-0.3, -0.25) is 0 Å². The molecule has 0 bridgehead atoms. The van der Waals surface area contributed by atoms with Gasteiger partial charge >= 0.3 is 0 Å². The summed E-state index contributed by atoms with van der Waals surface area (Å²) in [5, 5.41) is 9.37. The Hall–Kier alpha value is -1.86. The van der Waals surface area contributed by atoms with E-state index >= 15 is 0 Å². The number of hydrogen-bond acceptors (Lipinski definition) is 1. The molecule has 0 aromatic heterocycles. The molecule has 1 nitrogen and oxygen atoms in total. The zero-order chi connectivity index (χ0) is 14.4. The second kappa shape index (κ2) is 6.53. The number of aliphatic hydroxyl groups excluding tert-OH is 1. The van der Waals surface area contributed by atoms with Gasteiger partial charge in [0.05, 0.1) is 6.61 Å². The van der Waals surface area contributed by atoms with Crippen molar-refractivity contribution < 1.29 is 5.11 Å². The molecule has 20 heavy (non-hydrogen) atoms. The van der Waals surface area contributed by atoms with Crippen LogP contribution in [0.3, 0.4) is 0 Å². The summed E-state index contributed by atoms with van der Waals surface area (Å²) in [6.45, 7) is 4.53. The molecular formula is C19H22O. The van der Waals surface area contributed by atoms with Crippen LogP contribution in [0.5, 0.6) is 0 Å². The minimum atomic E-state index is 0.00157. The van der Waals surface area contributed by atoms with Gasteiger partial charge in [-0.2, -0.15) is 0 Å². The largest absolute Gasteiger partial charge is 0.392 e. The molecule has 0 spiro atoms. The van der Waals surface area contributed by atoms with Gasteiger partial charge in [-0.1, -0.05) is 86.2 Å². The van der Waals surface area contributed by atoms with Crippen LogP contribution in [0, 0.1) is 5.41 Å². The van der Waals surface area contributed by atoms with Crippen molar-refractivity contribution in [1.82, 2.24) is 0 Å². The number of allylic oxidation sites excluding steroid dienone is 7. The molecule has 1 aromatic rings. The summed E-state index contributed by atoms with van der Waals surface area (Å²) < 4.78 is 0. The van der Waals surface area contributed by atoms with Crippen LogP contribution in [0.4, 0.5) is 0 Å². The minimum absolute atomic E-state index is 0.00157. The highest BCUT2D eigenvalue weighted by molar-refractivity contribution is 5.55. The Morgan fingerprint density at radius 3 is 2.75 bits per heavy atom. The lowest BCUT2D eigenvalue weighted by atomic mass is 9.81. The van der Waals surface area contributed by atoms with Crippen LogP contribution in [0.25, 0.3) is 6.08 Å². The second-order valence-electron chi connectivity index (χ2n) is 5.62. The molecule has 0 aliphatic heterocycles. The molecule has 2 rings (SSSR count). The fraction of sp³-hybridized carbons (Fsp3) is 0.263. The lowest BCUT2D eigenvalue weighted by Crippen LogP contribution is -2.10. The molecule has 0 heterocycles. The quantitative estimate of drug-likeness (QED) is 0.840. The van der Waals surface area contributed by atoms with Crippen molar-refractivity contribution in [3.63, 3.8) is 0 Å². The second-order valence-corrected chi connectivity index (χ2v) is 5.62. The molecule has 1 aliphatic rings. The van der Waals surface area contributed by atoms with Crippen LogP contribution in [0.15, 0.2) is 66.3 Å². The van der Waals surface area contributed by atoms with Crippen LogP contribution < -0.4 is 0 Å². The molecule has 1 aromatic carbocycles. The van der Waals surface area contributed by atoms with Gasteiger partial charge in [0.15, 0.2) is 0 Å². The normalized spacial score (nSPS) is 15.4. The Balaban J connectivity index is 2.23. The summed E-state index contributed by atoms with van der Waals surface area (Å²) in [5.41, 5.74) is 3.44. The average molecular weight is 266 g/mol. The van der Waals surface area contributed by atoms with Crippen LogP contribution in [-0.2, 0) is 6.61 Å². The molecule has 0 amide bonds. The van der Waals surface area contributed by atoms with Gasteiger partial charge in [0.1, 0.15) is 0 Å². The van der Waals surface area contributed by atoms with Crippen molar-refractivity contribution in [2.24, 2.45) is 5.41 Å². The highest BCUT2D eigenvalue weighted by Crippen LogP contribution is 2.32. The molecule has 0 fully saturated rings. The molecule has 0 saturated carbocycles. The maximum absolute atomic E-state index is 9.37. The summed E-state index contributed by atoms with van der Waals surface area (Å²) in [4.78, 5) is 0. The third-order valence-corrected chi connectivity index (χ3v) is 3.73. The molecule has 1 N–H and O–H groups in total. The zero-order valence-corrected chi connectivity index (χ0v) is 12.2. The maximum atomic E-state index is 9.37. The van der Waals surface area contributed by atoms with Crippen LogP contribution in [-0.4, -0.2) is 5.11 Å². The van der Waals surface area contributed by atoms with Crippen molar-refractivity contribution in [2.75, 3.05) is 0 Å². The number of rotatable bonds is 4. The van der Waals surface area contributed by atoms with Crippen LogP contribution in [0.2, 0.25) is 0 Å². The zero-order valence-electron chi connectivity index (χ0n) is 12.2. The van der Waals surface area contributed by atoms with E-state index < -0.39 is 0 Å². The fourth-order valence-electron chi connectivity index (χ4n) is 2.30. The van der Waals surface area contributed by atoms with E-state index in [9.17, 15) is 5.11 Å². The van der Waals surface area contributed by atoms with Gasteiger partial charge < -0.3 is 5.11 Å². The number of aliphatic hydroxyl groups is 1. The Morgan fingerprint density at radius 2 is 1.95 bits per heavy atom. The van der Waals surface area contributed by atoms with Gasteiger partial charge in [-0.15, -0.1) is 0 Å². The predicted octanol–water partition coefficient (Wildman–Crippen LogP) is 4.66. The van der Waals surface area contributed by atoms with E-state index in [1.807, 2.05) is 24.3 Å². The Labute approximate surface area is 121 Å². The molecule has 104 valence electrons. The van der Waals surface area contributed by atoms with E-state index in [-0.39, 0.29) is 12.0 Å². The smallest absolute Gasteiger partial charge is 0.0687 e. The highest BCUT2D eigenvalue weighted by atomic mass is 16.3. The fourth-order valence-corrected chi connectivity index (χ4v) is 2.30.